The Morgan fingerprint density at radius 3 is 2.27 bits per heavy atom. The van der Waals surface area contributed by atoms with Crippen molar-refractivity contribution in [3.63, 3.8) is 0 Å². The van der Waals surface area contributed by atoms with E-state index >= 15 is 0 Å². The SMILES string of the molecule is C=CC1(C=C)OCOCC12CCCCC2. The fraction of sp³-hybridized carbons (Fsp3) is 0.692. The van der Waals surface area contributed by atoms with Gasteiger partial charge in [0, 0.05) is 5.41 Å². The van der Waals surface area contributed by atoms with Gasteiger partial charge in [0.1, 0.15) is 12.4 Å². The maximum absolute atomic E-state index is 5.80. The predicted octanol–water partition coefficient (Wildman–Crippen LogP) is 3.05. The molecule has 1 heterocycles. The van der Waals surface area contributed by atoms with E-state index in [1.54, 1.807) is 0 Å². The number of rotatable bonds is 2. The summed E-state index contributed by atoms with van der Waals surface area (Å²) in [6.45, 7) is 8.99. The smallest absolute Gasteiger partial charge is 0.148 e. The highest BCUT2D eigenvalue weighted by molar-refractivity contribution is 5.20. The molecule has 0 aromatic heterocycles. The highest BCUT2D eigenvalue weighted by Gasteiger charge is 2.51. The van der Waals surface area contributed by atoms with Crippen molar-refractivity contribution in [1.82, 2.24) is 0 Å². The Kier molecular flexibility index (Phi) is 2.98. The van der Waals surface area contributed by atoms with Crippen molar-refractivity contribution in [2.75, 3.05) is 13.4 Å². The molecule has 1 saturated carbocycles. The van der Waals surface area contributed by atoms with Crippen LogP contribution in [0.15, 0.2) is 25.3 Å². The Balaban J connectivity index is 2.31. The molecule has 0 radical (unpaired) electrons. The Bertz CT molecular complexity index is 235. The van der Waals surface area contributed by atoms with Crippen molar-refractivity contribution in [2.45, 2.75) is 37.7 Å². The first kappa shape index (κ1) is 10.9. The molecule has 1 aliphatic carbocycles. The number of ether oxygens (including phenoxy) is 2. The topological polar surface area (TPSA) is 18.5 Å². The van der Waals surface area contributed by atoms with E-state index in [1.165, 1.54) is 19.3 Å². The molecule has 2 aliphatic rings. The lowest BCUT2D eigenvalue weighted by atomic mass is 9.63. The molecule has 1 saturated heterocycles. The second-order valence-electron chi connectivity index (χ2n) is 4.65. The lowest BCUT2D eigenvalue weighted by molar-refractivity contribution is -0.235. The molecule has 0 atom stereocenters. The molecule has 0 aromatic rings. The minimum absolute atomic E-state index is 0.0903. The van der Waals surface area contributed by atoms with Gasteiger partial charge in [0.25, 0.3) is 0 Å². The first-order valence-electron chi connectivity index (χ1n) is 5.77. The van der Waals surface area contributed by atoms with Crippen LogP contribution in [0.3, 0.4) is 0 Å². The summed E-state index contributed by atoms with van der Waals surface area (Å²) in [4.78, 5) is 0. The molecule has 0 aromatic carbocycles. The van der Waals surface area contributed by atoms with Crippen LogP contribution in [-0.4, -0.2) is 19.0 Å². The van der Waals surface area contributed by atoms with Gasteiger partial charge >= 0.3 is 0 Å². The zero-order valence-corrected chi connectivity index (χ0v) is 9.34. The fourth-order valence-electron chi connectivity index (χ4n) is 3.04. The molecule has 1 aliphatic heterocycles. The van der Waals surface area contributed by atoms with E-state index in [2.05, 4.69) is 13.2 Å². The summed E-state index contributed by atoms with van der Waals surface area (Å²) in [7, 11) is 0. The normalized spacial score (nSPS) is 28.5. The molecule has 2 rings (SSSR count). The van der Waals surface area contributed by atoms with Crippen LogP contribution >= 0.6 is 0 Å². The number of hydrogen-bond acceptors (Lipinski definition) is 2. The molecule has 15 heavy (non-hydrogen) atoms. The Hall–Kier alpha value is -0.600. The monoisotopic (exact) mass is 208 g/mol. The summed E-state index contributed by atoms with van der Waals surface area (Å²) in [6, 6.07) is 0. The summed E-state index contributed by atoms with van der Waals surface area (Å²) >= 11 is 0. The van der Waals surface area contributed by atoms with Crippen LogP contribution in [0.5, 0.6) is 0 Å². The maximum atomic E-state index is 5.80. The first-order valence-corrected chi connectivity index (χ1v) is 5.77. The average Bonchev–Trinajstić information content (AvgIpc) is 2.31. The van der Waals surface area contributed by atoms with Crippen LogP contribution in [0, 0.1) is 5.41 Å². The third-order valence-electron chi connectivity index (χ3n) is 4.01. The van der Waals surface area contributed by atoms with Gasteiger partial charge in [0.15, 0.2) is 0 Å². The van der Waals surface area contributed by atoms with Gasteiger partial charge < -0.3 is 9.47 Å². The van der Waals surface area contributed by atoms with Crippen molar-refractivity contribution in [3.8, 4) is 0 Å². The summed E-state index contributed by atoms with van der Waals surface area (Å²) in [6.07, 6.45) is 9.98. The quantitative estimate of drug-likeness (QED) is 0.649. The van der Waals surface area contributed by atoms with Crippen LogP contribution in [0.1, 0.15) is 32.1 Å². The second-order valence-corrected chi connectivity index (χ2v) is 4.65. The van der Waals surface area contributed by atoms with E-state index in [4.69, 9.17) is 9.47 Å². The highest BCUT2D eigenvalue weighted by atomic mass is 16.7. The Morgan fingerprint density at radius 2 is 1.67 bits per heavy atom. The summed E-state index contributed by atoms with van der Waals surface area (Å²) in [5, 5.41) is 0. The molecule has 84 valence electrons. The van der Waals surface area contributed by atoms with Crippen molar-refractivity contribution < 1.29 is 9.47 Å². The van der Waals surface area contributed by atoms with Gasteiger partial charge in [-0.05, 0) is 12.8 Å². The molecule has 0 N–H and O–H groups in total. The molecule has 2 fully saturated rings. The van der Waals surface area contributed by atoms with E-state index in [9.17, 15) is 0 Å². The van der Waals surface area contributed by atoms with Gasteiger partial charge in [-0.2, -0.15) is 0 Å². The largest absolute Gasteiger partial charge is 0.355 e. The third kappa shape index (κ3) is 1.56. The minimum Gasteiger partial charge on any atom is -0.355 e. The van der Waals surface area contributed by atoms with E-state index in [0.29, 0.717) is 6.79 Å². The predicted molar refractivity (Wildman–Crippen MR) is 60.5 cm³/mol. The van der Waals surface area contributed by atoms with Gasteiger partial charge in [0.2, 0.25) is 0 Å². The van der Waals surface area contributed by atoms with Crippen LogP contribution in [0.2, 0.25) is 0 Å². The fourth-order valence-corrected chi connectivity index (χ4v) is 3.04. The second kappa shape index (κ2) is 4.11. The summed E-state index contributed by atoms with van der Waals surface area (Å²) < 4.78 is 11.3. The molecule has 0 amide bonds. The third-order valence-corrected chi connectivity index (χ3v) is 4.01. The average molecular weight is 208 g/mol. The molecular weight excluding hydrogens is 188 g/mol. The van der Waals surface area contributed by atoms with E-state index < -0.39 is 0 Å². The molecule has 2 nitrogen and oxygen atoms in total. The van der Waals surface area contributed by atoms with E-state index in [1.807, 2.05) is 12.2 Å². The Morgan fingerprint density at radius 1 is 1.00 bits per heavy atom. The van der Waals surface area contributed by atoms with E-state index in [-0.39, 0.29) is 11.0 Å². The molecule has 0 unspecified atom stereocenters. The van der Waals surface area contributed by atoms with Crippen LogP contribution < -0.4 is 0 Å². The van der Waals surface area contributed by atoms with E-state index in [0.717, 1.165) is 19.4 Å². The minimum atomic E-state index is -0.369. The lowest BCUT2D eigenvalue weighted by Crippen LogP contribution is -2.55. The lowest BCUT2D eigenvalue weighted by Gasteiger charge is -2.52. The number of hydrogen-bond donors (Lipinski definition) is 0. The van der Waals surface area contributed by atoms with Gasteiger partial charge in [-0.25, -0.2) is 0 Å². The standard InChI is InChI=1S/C13H20O2/c1-3-13(4-2)12(10-14-11-15-13)8-6-5-7-9-12/h3-4H,1-2,5-11H2. The summed E-state index contributed by atoms with van der Waals surface area (Å²) in [5.41, 5.74) is -0.279. The zero-order valence-electron chi connectivity index (χ0n) is 9.34. The van der Waals surface area contributed by atoms with Crippen molar-refractivity contribution >= 4 is 0 Å². The molecule has 2 heteroatoms. The van der Waals surface area contributed by atoms with Crippen LogP contribution in [0.4, 0.5) is 0 Å². The Labute approximate surface area is 92.0 Å². The first-order chi connectivity index (χ1) is 7.29. The molecule has 0 bridgehead atoms. The van der Waals surface area contributed by atoms with Gasteiger partial charge in [-0.15, -0.1) is 0 Å². The highest BCUT2D eigenvalue weighted by Crippen LogP contribution is 2.50. The van der Waals surface area contributed by atoms with Crippen molar-refractivity contribution in [2.24, 2.45) is 5.41 Å². The van der Waals surface area contributed by atoms with Crippen molar-refractivity contribution in [3.05, 3.63) is 25.3 Å². The van der Waals surface area contributed by atoms with Gasteiger partial charge in [-0.3, -0.25) is 0 Å². The molecular formula is C13H20O2. The maximum Gasteiger partial charge on any atom is 0.148 e. The van der Waals surface area contributed by atoms with Crippen molar-refractivity contribution in [1.29, 1.82) is 0 Å². The summed E-state index contributed by atoms with van der Waals surface area (Å²) in [5.74, 6) is 0. The van der Waals surface area contributed by atoms with Crippen LogP contribution in [-0.2, 0) is 9.47 Å². The van der Waals surface area contributed by atoms with Crippen LogP contribution in [0.25, 0.3) is 0 Å². The van der Waals surface area contributed by atoms with Gasteiger partial charge in [-0.1, -0.05) is 44.6 Å². The zero-order chi connectivity index (χ0) is 10.8. The molecule has 1 spiro atoms. The van der Waals surface area contributed by atoms with Gasteiger partial charge in [0.05, 0.1) is 6.61 Å².